The van der Waals surface area contributed by atoms with Crippen LogP contribution in [0, 0.1) is 27.7 Å². The number of Topliss-reactive ketones (excluding diaryl/α,β-unsaturated/α-hetero) is 2. The summed E-state index contributed by atoms with van der Waals surface area (Å²) < 4.78 is 11.3. The highest BCUT2D eigenvalue weighted by Crippen LogP contribution is 2.21. The molecule has 1 atom stereocenters. The lowest BCUT2D eigenvalue weighted by molar-refractivity contribution is -0.140. The number of hydrogen-bond acceptors (Lipinski definition) is 7. The lowest BCUT2D eigenvalue weighted by Crippen LogP contribution is -2.29. The van der Waals surface area contributed by atoms with Crippen LogP contribution in [0.5, 0.6) is 0 Å². The molecule has 0 aliphatic heterocycles. The van der Waals surface area contributed by atoms with Crippen molar-refractivity contribution in [3.05, 3.63) is 39.5 Å². The van der Waals surface area contributed by atoms with Crippen molar-refractivity contribution in [3.8, 4) is 0 Å². The Labute approximate surface area is 162 Å². The number of aromatic nitrogens is 3. The monoisotopic (exact) mass is 389 g/mol. The number of carbonyl (C=O) groups excluding carboxylic acids is 4. The van der Waals surface area contributed by atoms with Crippen molar-refractivity contribution in [3.63, 3.8) is 0 Å². The summed E-state index contributed by atoms with van der Waals surface area (Å²) in [5.74, 6) is -3.14. The number of hydrogen-bond donors (Lipinski definition) is 1. The topological polar surface area (TPSA) is 120 Å². The highest BCUT2D eigenvalue weighted by Gasteiger charge is 2.31. The summed E-state index contributed by atoms with van der Waals surface area (Å²) in [7, 11) is 2.90. The van der Waals surface area contributed by atoms with Crippen molar-refractivity contribution >= 4 is 23.5 Å². The first-order valence-corrected chi connectivity index (χ1v) is 8.58. The summed E-state index contributed by atoms with van der Waals surface area (Å²) in [5.41, 5.74) is 2.32. The number of nitrogens with one attached hydrogen (secondary N) is 1. The van der Waals surface area contributed by atoms with E-state index in [-0.39, 0.29) is 16.8 Å². The third kappa shape index (κ3) is 3.60. The number of esters is 2. The van der Waals surface area contributed by atoms with Crippen LogP contribution in [0.3, 0.4) is 0 Å². The first-order valence-electron chi connectivity index (χ1n) is 8.58. The summed E-state index contributed by atoms with van der Waals surface area (Å²) in [6.45, 7) is 7.86. The van der Waals surface area contributed by atoms with Crippen molar-refractivity contribution < 1.29 is 28.7 Å². The maximum Gasteiger partial charge on any atom is 0.380 e. The molecule has 0 saturated carbocycles. The van der Waals surface area contributed by atoms with Crippen LogP contribution in [-0.4, -0.2) is 51.5 Å². The molecule has 150 valence electrons. The SMILES string of the molecule is COC(=O)c1c(C)[nH]c(C(=O)[C@H](C)OC(=O)C(=O)c2c(C)nn(C)c2C)c1C. The molecule has 2 aromatic rings. The van der Waals surface area contributed by atoms with Crippen LogP contribution in [0.2, 0.25) is 0 Å². The smallest absolute Gasteiger partial charge is 0.380 e. The van der Waals surface area contributed by atoms with Gasteiger partial charge < -0.3 is 14.5 Å². The van der Waals surface area contributed by atoms with Gasteiger partial charge in [-0.05, 0) is 40.2 Å². The normalized spacial score (nSPS) is 11.8. The largest absolute Gasteiger partial charge is 0.465 e. The van der Waals surface area contributed by atoms with E-state index in [9.17, 15) is 19.2 Å². The van der Waals surface area contributed by atoms with E-state index in [1.807, 2.05) is 0 Å². The molecule has 28 heavy (non-hydrogen) atoms. The molecule has 0 amide bonds. The third-order valence-electron chi connectivity index (χ3n) is 4.65. The first kappa shape index (κ1) is 21.1. The van der Waals surface area contributed by atoms with Crippen molar-refractivity contribution in [2.75, 3.05) is 7.11 Å². The molecule has 0 saturated heterocycles. The second kappa shape index (κ2) is 7.79. The molecule has 0 spiro atoms. The van der Waals surface area contributed by atoms with Gasteiger partial charge in [-0.25, -0.2) is 9.59 Å². The summed E-state index contributed by atoms with van der Waals surface area (Å²) in [6, 6.07) is 0. The Bertz CT molecular complexity index is 982. The highest BCUT2D eigenvalue weighted by molar-refractivity contribution is 6.41. The number of ketones is 2. The van der Waals surface area contributed by atoms with E-state index < -0.39 is 29.6 Å². The molecular weight excluding hydrogens is 366 g/mol. The fourth-order valence-corrected chi connectivity index (χ4v) is 3.08. The fraction of sp³-hybridized carbons (Fsp3) is 0.421. The van der Waals surface area contributed by atoms with E-state index in [4.69, 9.17) is 9.47 Å². The number of aryl methyl sites for hydroxylation is 3. The highest BCUT2D eigenvalue weighted by atomic mass is 16.6. The van der Waals surface area contributed by atoms with Gasteiger partial charge in [-0.15, -0.1) is 0 Å². The van der Waals surface area contributed by atoms with Gasteiger partial charge in [0.25, 0.3) is 5.78 Å². The number of nitrogens with zero attached hydrogens (tertiary/aromatic N) is 2. The maximum absolute atomic E-state index is 12.7. The second-order valence-corrected chi connectivity index (χ2v) is 6.53. The molecule has 1 N–H and O–H groups in total. The van der Waals surface area contributed by atoms with Crippen LogP contribution in [-0.2, 0) is 21.3 Å². The van der Waals surface area contributed by atoms with Crippen molar-refractivity contribution in [1.29, 1.82) is 0 Å². The third-order valence-corrected chi connectivity index (χ3v) is 4.65. The Hall–Kier alpha value is -3.23. The Morgan fingerprint density at radius 3 is 2.18 bits per heavy atom. The number of ether oxygens (including phenoxy) is 2. The van der Waals surface area contributed by atoms with E-state index in [2.05, 4.69) is 10.1 Å². The Morgan fingerprint density at radius 1 is 1.07 bits per heavy atom. The predicted molar refractivity (Wildman–Crippen MR) is 98.5 cm³/mol. The second-order valence-electron chi connectivity index (χ2n) is 6.53. The van der Waals surface area contributed by atoms with Gasteiger partial charge in [-0.1, -0.05) is 0 Å². The van der Waals surface area contributed by atoms with E-state index in [0.717, 1.165) is 0 Å². The summed E-state index contributed by atoms with van der Waals surface area (Å²) in [4.78, 5) is 52.1. The van der Waals surface area contributed by atoms with E-state index in [0.29, 0.717) is 22.6 Å². The molecule has 9 nitrogen and oxygen atoms in total. The number of carbonyl (C=O) groups is 4. The Morgan fingerprint density at radius 2 is 1.68 bits per heavy atom. The standard InChI is InChI=1S/C19H23N3O6/c1-8-13(18(25)27-7)9(2)20-15(8)16(23)12(5)28-19(26)17(24)14-10(3)21-22(6)11(14)4/h12,20H,1-7H3/t12-/m0/s1. The zero-order valence-electron chi connectivity index (χ0n) is 16.9. The van der Waals surface area contributed by atoms with Gasteiger partial charge in [-0.3, -0.25) is 14.3 Å². The Kier molecular flexibility index (Phi) is 5.86. The van der Waals surface area contributed by atoms with Crippen molar-refractivity contribution in [2.24, 2.45) is 7.05 Å². The molecule has 2 heterocycles. The van der Waals surface area contributed by atoms with Gasteiger partial charge in [0.05, 0.1) is 29.6 Å². The maximum atomic E-state index is 12.7. The Balaban J connectivity index is 2.22. The zero-order chi connectivity index (χ0) is 21.3. The van der Waals surface area contributed by atoms with Crippen molar-refractivity contribution in [1.82, 2.24) is 14.8 Å². The average molecular weight is 389 g/mol. The summed E-state index contributed by atoms with van der Waals surface area (Å²) in [5, 5.41) is 4.10. The summed E-state index contributed by atoms with van der Waals surface area (Å²) >= 11 is 0. The molecule has 0 aliphatic carbocycles. The van der Waals surface area contributed by atoms with E-state index >= 15 is 0 Å². The van der Waals surface area contributed by atoms with E-state index in [1.54, 1.807) is 34.7 Å². The van der Waals surface area contributed by atoms with Gasteiger partial charge in [0.2, 0.25) is 5.78 Å². The van der Waals surface area contributed by atoms with Crippen LogP contribution in [0.1, 0.15) is 60.8 Å². The molecule has 0 fully saturated rings. The van der Waals surface area contributed by atoms with Crippen LogP contribution < -0.4 is 0 Å². The number of aromatic amines is 1. The summed E-state index contributed by atoms with van der Waals surface area (Å²) in [6.07, 6.45) is -1.23. The molecule has 2 aromatic heterocycles. The fourth-order valence-electron chi connectivity index (χ4n) is 3.08. The zero-order valence-corrected chi connectivity index (χ0v) is 16.9. The minimum absolute atomic E-state index is 0.124. The number of H-pyrrole nitrogens is 1. The van der Waals surface area contributed by atoms with Gasteiger partial charge in [0, 0.05) is 18.4 Å². The minimum atomic E-state index is -1.23. The molecule has 0 bridgehead atoms. The van der Waals surface area contributed by atoms with E-state index in [1.165, 1.54) is 18.7 Å². The minimum Gasteiger partial charge on any atom is -0.465 e. The number of rotatable bonds is 6. The molecule has 0 radical (unpaired) electrons. The van der Waals surface area contributed by atoms with Crippen LogP contribution in [0.15, 0.2) is 0 Å². The van der Waals surface area contributed by atoms with Gasteiger partial charge in [-0.2, -0.15) is 5.10 Å². The first-order chi connectivity index (χ1) is 13.0. The molecule has 9 heteroatoms. The predicted octanol–water partition coefficient (Wildman–Crippen LogP) is 1.77. The van der Waals surface area contributed by atoms with Gasteiger partial charge in [0.15, 0.2) is 6.10 Å². The van der Waals surface area contributed by atoms with Crippen LogP contribution in [0.4, 0.5) is 0 Å². The molecule has 2 rings (SSSR count). The van der Waals surface area contributed by atoms with Gasteiger partial charge >= 0.3 is 11.9 Å². The quantitative estimate of drug-likeness (QED) is 0.454. The lowest BCUT2D eigenvalue weighted by atomic mass is 10.1. The average Bonchev–Trinajstić information content (AvgIpc) is 3.07. The lowest BCUT2D eigenvalue weighted by Gasteiger charge is -2.12. The molecular formula is C19H23N3O6. The van der Waals surface area contributed by atoms with Crippen molar-refractivity contribution in [2.45, 2.75) is 40.7 Å². The van der Waals surface area contributed by atoms with Gasteiger partial charge in [0.1, 0.15) is 0 Å². The number of methoxy groups -OCH3 is 1. The molecule has 0 aromatic carbocycles. The molecule has 0 aliphatic rings. The molecule has 0 unspecified atom stereocenters. The van der Waals surface area contributed by atoms with Crippen LogP contribution in [0.25, 0.3) is 0 Å². The van der Waals surface area contributed by atoms with Crippen LogP contribution >= 0.6 is 0 Å².